The molecule has 0 unspecified atom stereocenters. The number of nitrogens with one attached hydrogen (secondary N) is 2. The Morgan fingerprint density at radius 2 is 2.21 bits per heavy atom. The minimum atomic E-state index is -0.633. The zero-order chi connectivity index (χ0) is 16.7. The van der Waals surface area contributed by atoms with Crippen LogP contribution in [0.5, 0.6) is 0 Å². The van der Waals surface area contributed by atoms with Gasteiger partial charge in [0.05, 0.1) is 30.0 Å². The van der Waals surface area contributed by atoms with Crippen LogP contribution in [0.3, 0.4) is 0 Å². The number of carbonyl (C=O) groups is 2. The van der Waals surface area contributed by atoms with Gasteiger partial charge in [-0.3, -0.25) is 4.79 Å². The molecule has 0 saturated carbocycles. The fourth-order valence-corrected chi connectivity index (χ4v) is 3.55. The lowest BCUT2D eigenvalue weighted by Crippen LogP contribution is -2.44. The molecule has 2 N–H and O–H groups in total. The van der Waals surface area contributed by atoms with E-state index >= 15 is 0 Å². The van der Waals surface area contributed by atoms with E-state index in [0.717, 1.165) is 19.4 Å². The molecule has 6 nitrogen and oxygen atoms in total. The Morgan fingerprint density at radius 1 is 1.33 bits per heavy atom. The van der Waals surface area contributed by atoms with Gasteiger partial charge in [0, 0.05) is 13.2 Å². The van der Waals surface area contributed by atoms with Crippen LogP contribution in [-0.4, -0.2) is 42.6 Å². The lowest BCUT2D eigenvalue weighted by atomic mass is 9.96. The lowest BCUT2D eigenvalue weighted by Gasteiger charge is -2.25. The summed E-state index contributed by atoms with van der Waals surface area (Å²) in [6, 6.07) is 4.95. The van der Waals surface area contributed by atoms with Gasteiger partial charge in [0.2, 0.25) is 0 Å². The Kier molecular flexibility index (Phi) is 3.72. The molecule has 3 aliphatic rings. The smallest absolute Gasteiger partial charge is 0.319 e. The van der Waals surface area contributed by atoms with Gasteiger partial charge in [-0.15, -0.1) is 0 Å². The van der Waals surface area contributed by atoms with E-state index in [-0.39, 0.29) is 18.0 Å². The van der Waals surface area contributed by atoms with Crippen LogP contribution in [0.1, 0.15) is 24.4 Å². The van der Waals surface area contributed by atoms with E-state index in [1.54, 1.807) is 17.0 Å². The summed E-state index contributed by atoms with van der Waals surface area (Å²) in [7, 11) is 0. The maximum atomic E-state index is 13.6. The predicted octanol–water partition coefficient (Wildman–Crippen LogP) is 1.45. The van der Waals surface area contributed by atoms with Gasteiger partial charge in [0.1, 0.15) is 5.82 Å². The van der Waals surface area contributed by atoms with Crippen molar-refractivity contribution in [1.82, 2.24) is 15.5 Å². The molecule has 0 aliphatic carbocycles. The number of halogens is 1. The van der Waals surface area contributed by atoms with Gasteiger partial charge in [-0.05, 0) is 30.5 Å². The van der Waals surface area contributed by atoms with Crippen molar-refractivity contribution in [1.29, 1.82) is 0 Å². The molecule has 1 aromatic carbocycles. The first-order chi connectivity index (χ1) is 11.6. The Balaban J connectivity index is 1.61. The van der Waals surface area contributed by atoms with E-state index in [0.29, 0.717) is 29.9 Å². The summed E-state index contributed by atoms with van der Waals surface area (Å²) >= 11 is 0. The largest absolute Gasteiger partial charge is 0.376 e. The SMILES string of the molecule is O=C1NC2=C(C(=O)N(C[C@@H]3CCCO3)C2)[C@@H](c2cccc(F)c2)N1. The molecule has 3 amide bonds. The third-order valence-corrected chi connectivity index (χ3v) is 4.65. The van der Waals surface area contributed by atoms with E-state index < -0.39 is 11.9 Å². The van der Waals surface area contributed by atoms with E-state index in [1.807, 2.05) is 0 Å². The molecule has 1 saturated heterocycles. The van der Waals surface area contributed by atoms with Crippen molar-refractivity contribution in [3.8, 4) is 0 Å². The number of rotatable bonds is 3. The number of hydrogen-bond acceptors (Lipinski definition) is 3. The summed E-state index contributed by atoms with van der Waals surface area (Å²) in [6.07, 6.45) is 1.99. The first-order valence-corrected chi connectivity index (χ1v) is 8.09. The predicted molar refractivity (Wildman–Crippen MR) is 83.4 cm³/mol. The maximum absolute atomic E-state index is 13.6. The van der Waals surface area contributed by atoms with Crippen molar-refractivity contribution in [3.05, 3.63) is 46.9 Å². The minimum Gasteiger partial charge on any atom is -0.376 e. The van der Waals surface area contributed by atoms with Crippen LogP contribution in [0.4, 0.5) is 9.18 Å². The number of carbonyl (C=O) groups excluding carboxylic acids is 2. The highest BCUT2D eigenvalue weighted by atomic mass is 19.1. The van der Waals surface area contributed by atoms with Crippen LogP contribution in [-0.2, 0) is 9.53 Å². The standard InChI is InChI=1S/C17H18FN3O3/c18-11-4-1-3-10(7-11)15-14-13(19-17(23)20-15)9-21(16(14)22)8-12-5-2-6-24-12/h1,3-4,7,12,15H,2,5-6,8-9H2,(H2,19,20,23)/t12-,15+/m0/s1. The van der Waals surface area contributed by atoms with E-state index in [9.17, 15) is 14.0 Å². The Bertz CT molecular complexity index is 728. The van der Waals surface area contributed by atoms with Crippen LogP contribution >= 0.6 is 0 Å². The van der Waals surface area contributed by atoms with Gasteiger partial charge < -0.3 is 20.3 Å². The van der Waals surface area contributed by atoms with Gasteiger partial charge in [0.15, 0.2) is 0 Å². The number of hydrogen-bond donors (Lipinski definition) is 2. The summed E-state index contributed by atoms with van der Waals surface area (Å²) in [6.45, 7) is 1.59. The molecule has 24 heavy (non-hydrogen) atoms. The molecule has 3 aliphatic heterocycles. The number of nitrogens with zero attached hydrogens (tertiary/aromatic N) is 1. The van der Waals surface area contributed by atoms with Gasteiger partial charge in [-0.2, -0.15) is 0 Å². The molecule has 0 radical (unpaired) electrons. The number of urea groups is 1. The minimum absolute atomic E-state index is 0.0478. The highest BCUT2D eigenvalue weighted by Crippen LogP contribution is 2.33. The summed E-state index contributed by atoms with van der Waals surface area (Å²) in [5, 5.41) is 5.43. The van der Waals surface area contributed by atoms with Crippen LogP contribution in [0.15, 0.2) is 35.5 Å². The molecule has 7 heteroatoms. The summed E-state index contributed by atoms with van der Waals surface area (Å²) in [4.78, 5) is 26.5. The van der Waals surface area contributed by atoms with Crippen molar-refractivity contribution in [2.45, 2.75) is 25.0 Å². The van der Waals surface area contributed by atoms with Crippen molar-refractivity contribution < 1.29 is 18.7 Å². The molecule has 2 atom stereocenters. The highest BCUT2D eigenvalue weighted by molar-refractivity contribution is 6.01. The molecule has 0 bridgehead atoms. The van der Waals surface area contributed by atoms with Crippen LogP contribution in [0, 0.1) is 5.82 Å². The average molecular weight is 331 g/mol. The normalized spacial score (nSPS) is 26.5. The Morgan fingerprint density at radius 3 is 2.96 bits per heavy atom. The van der Waals surface area contributed by atoms with Crippen molar-refractivity contribution in [3.63, 3.8) is 0 Å². The molecular formula is C17H18FN3O3. The molecule has 126 valence electrons. The molecular weight excluding hydrogens is 313 g/mol. The first-order valence-electron chi connectivity index (χ1n) is 8.09. The molecule has 0 spiro atoms. The molecule has 1 aromatic rings. The quantitative estimate of drug-likeness (QED) is 0.881. The van der Waals surface area contributed by atoms with Crippen LogP contribution < -0.4 is 10.6 Å². The number of benzene rings is 1. The van der Waals surface area contributed by atoms with E-state index in [2.05, 4.69) is 10.6 Å². The molecule has 0 aromatic heterocycles. The monoisotopic (exact) mass is 331 g/mol. The Hall–Kier alpha value is -2.41. The maximum Gasteiger partial charge on any atom is 0.319 e. The van der Waals surface area contributed by atoms with Crippen LogP contribution in [0.2, 0.25) is 0 Å². The topological polar surface area (TPSA) is 70.7 Å². The van der Waals surface area contributed by atoms with Crippen molar-refractivity contribution >= 4 is 11.9 Å². The number of ether oxygens (including phenoxy) is 1. The van der Waals surface area contributed by atoms with E-state index in [1.165, 1.54) is 12.1 Å². The van der Waals surface area contributed by atoms with E-state index in [4.69, 9.17) is 4.74 Å². The summed E-state index contributed by atoms with van der Waals surface area (Å²) in [5.41, 5.74) is 1.64. The second-order valence-electron chi connectivity index (χ2n) is 6.30. The summed E-state index contributed by atoms with van der Waals surface area (Å²) < 4.78 is 19.2. The molecule has 3 heterocycles. The lowest BCUT2D eigenvalue weighted by molar-refractivity contribution is -0.127. The van der Waals surface area contributed by atoms with Gasteiger partial charge in [0.25, 0.3) is 5.91 Å². The average Bonchev–Trinajstić information content (AvgIpc) is 3.16. The highest BCUT2D eigenvalue weighted by Gasteiger charge is 2.41. The molecule has 4 rings (SSSR count). The second-order valence-corrected chi connectivity index (χ2v) is 6.30. The first kappa shape index (κ1) is 15.1. The fraction of sp³-hybridized carbons (Fsp3) is 0.412. The van der Waals surface area contributed by atoms with Gasteiger partial charge in [-0.25, -0.2) is 9.18 Å². The zero-order valence-corrected chi connectivity index (χ0v) is 13.0. The van der Waals surface area contributed by atoms with Crippen LogP contribution in [0.25, 0.3) is 0 Å². The second kappa shape index (κ2) is 5.90. The number of amides is 3. The summed E-state index contributed by atoms with van der Waals surface area (Å²) in [5.74, 6) is -0.536. The van der Waals surface area contributed by atoms with Crippen molar-refractivity contribution in [2.75, 3.05) is 19.7 Å². The third-order valence-electron chi connectivity index (χ3n) is 4.65. The van der Waals surface area contributed by atoms with Gasteiger partial charge in [-0.1, -0.05) is 12.1 Å². The third kappa shape index (κ3) is 2.65. The van der Waals surface area contributed by atoms with Gasteiger partial charge >= 0.3 is 6.03 Å². The molecule has 1 fully saturated rings. The van der Waals surface area contributed by atoms with Crippen molar-refractivity contribution in [2.24, 2.45) is 0 Å². The zero-order valence-electron chi connectivity index (χ0n) is 13.0. The fourth-order valence-electron chi connectivity index (χ4n) is 3.55. The Labute approximate surface area is 138 Å².